The molecule has 1 rings (SSSR count). The van der Waals surface area contributed by atoms with Crippen molar-refractivity contribution in [2.75, 3.05) is 21.3 Å². The van der Waals surface area contributed by atoms with Crippen molar-refractivity contribution in [3.63, 3.8) is 0 Å². The fourth-order valence-electron chi connectivity index (χ4n) is 2.57. The topological polar surface area (TPSA) is 78.9 Å². The molecule has 6 nitrogen and oxygen atoms in total. The highest BCUT2D eigenvalue weighted by atomic mass is 16.5. The summed E-state index contributed by atoms with van der Waals surface area (Å²) in [6.45, 7) is 0. The summed E-state index contributed by atoms with van der Waals surface area (Å²) in [7, 11) is 3.61. The number of ether oxygens (including phenoxy) is 3. The molecule has 6 heteroatoms. The Hall–Kier alpha value is -1.59. The number of methoxy groups -OCH3 is 3. The molecule has 0 aromatic carbocycles. The summed E-state index contributed by atoms with van der Waals surface area (Å²) < 4.78 is 14.1. The SMILES string of the molecule is COC(=O)C1CCCCC1(C(=O)OC)C(=O)OC. The molecule has 0 aromatic heterocycles. The number of esters is 3. The van der Waals surface area contributed by atoms with Gasteiger partial charge in [0.1, 0.15) is 0 Å². The van der Waals surface area contributed by atoms with Gasteiger partial charge >= 0.3 is 17.9 Å². The molecular formula is C12H18O6. The Labute approximate surface area is 106 Å². The molecule has 0 saturated heterocycles. The maximum atomic E-state index is 12.0. The first-order valence-electron chi connectivity index (χ1n) is 5.79. The van der Waals surface area contributed by atoms with Gasteiger partial charge in [-0.1, -0.05) is 12.8 Å². The summed E-state index contributed by atoms with van der Waals surface area (Å²) in [5, 5.41) is 0. The number of carbonyl (C=O) groups is 3. The van der Waals surface area contributed by atoms with E-state index in [2.05, 4.69) is 4.74 Å². The van der Waals surface area contributed by atoms with Gasteiger partial charge in [0.15, 0.2) is 5.41 Å². The Morgan fingerprint density at radius 2 is 1.50 bits per heavy atom. The summed E-state index contributed by atoms with van der Waals surface area (Å²) in [5.41, 5.74) is -1.56. The lowest BCUT2D eigenvalue weighted by Gasteiger charge is -2.37. The summed E-state index contributed by atoms with van der Waals surface area (Å²) in [4.78, 5) is 35.8. The minimum Gasteiger partial charge on any atom is -0.469 e. The van der Waals surface area contributed by atoms with Crippen LogP contribution in [0, 0.1) is 11.3 Å². The van der Waals surface area contributed by atoms with Crippen molar-refractivity contribution in [1.29, 1.82) is 0 Å². The molecule has 0 bridgehead atoms. The van der Waals surface area contributed by atoms with Crippen LogP contribution in [0.15, 0.2) is 0 Å². The van der Waals surface area contributed by atoms with Crippen LogP contribution in [0.5, 0.6) is 0 Å². The molecule has 1 fully saturated rings. The van der Waals surface area contributed by atoms with Crippen LogP contribution in [0.25, 0.3) is 0 Å². The van der Waals surface area contributed by atoms with Gasteiger partial charge in [-0.15, -0.1) is 0 Å². The predicted octanol–water partition coefficient (Wildman–Crippen LogP) is 0.682. The minimum atomic E-state index is -1.56. The zero-order valence-electron chi connectivity index (χ0n) is 10.9. The van der Waals surface area contributed by atoms with E-state index in [-0.39, 0.29) is 6.42 Å². The van der Waals surface area contributed by atoms with Crippen LogP contribution in [0.2, 0.25) is 0 Å². The molecule has 0 radical (unpaired) electrons. The fourth-order valence-corrected chi connectivity index (χ4v) is 2.57. The number of carbonyl (C=O) groups excluding carboxylic acids is 3. The molecule has 1 saturated carbocycles. The predicted molar refractivity (Wildman–Crippen MR) is 60.4 cm³/mol. The van der Waals surface area contributed by atoms with E-state index in [9.17, 15) is 14.4 Å². The first kappa shape index (κ1) is 14.5. The second-order valence-corrected chi connectivity index (χ2v) is 4.28. The van der Waals surface area contributed by atoms with Gasteiger partial charge in [-0.05, 0) is 12.8 Å². The van der Waals surface area contributed by atoms with Gasteiger partial charge in [-0.2, -0.15) is 0 Å². The molecule has 0 aromatic rings. The molecule has 0 N–H and O–H groups in total. The van der Waals surface area contributed by atoms with Crippen LogP contribution in [0.3, 0.4) is 0 Å². The maximum Gasteiger partial charge on any atom is 0.324 e. The monoisotopic (exact) mass is 258 g/mol. The average Bonchev–Trinajstić information content (AvgIpc) is 2.44. The van der Waals surface area contributed by atoms with Crippen molar-refractivity contribution < 1.29 is 28.6 Å². The minimum absolute atomic E-state index is 0.242. The van der Waals surface area contributed by atoms with E-state index in [1.165, 1.54) is 21.3 Å². The smallest absolute Gasteiger partial charge is 0.324 e. The van der Waals surface area contributed by atoms with Crippen LogP contribution in [-0.2, 0) is 28.6 Å². The summed E-state index contributed by atoms with van der Waals surface area (Å²) in [5.74, 6) is -2.88. The first-order valence-corrected chi connectivity index (χ1v) is 5.79. The maximum absolute atomic E-state index is 12.0. The van der Waals surface area contributed by atoms with Crippen LogP contribution < -0.4 is 0 Å². The number of rotatable bonds is 3. The molecule has 102 valence electrons. The van der Waals surface area contributed by atoms with Gasteiger partial charge in [-0.3, -0.25) is 14.4 Å². The Balaban J connectivity index is 3.22. The Kier molecular flexibility index (Phi) is 4.69. The van der Waals surface area contributed by atoms with Gasteiger partial charge < -0.3 is 14.2 Å². The van der Waals surface area contributed by atoms with Crippen LogP contribution in [-0.4, -0.2) is 39.2 Å². The van der Waals surface area contributed by atoms with Crippen molar-refractivity contribution in [3.8, 4) is 0 Å². The first-order chi connectivity index (χ1) is 8.54. The average molecular weight is 258 g/mol. The third-order valence-electron chi connectivity index (χ3n) is 3.49. The molecule has 1 atom stereocenters. The molecule has 0 heterocycles. The molecule has 0 amide bonds. The van der Waals surface area contributed by atoms with E-state index in [4.69, 9.17) is 9.47 Å². The van der Waals surface area contributed by atoms with Gasteiger partial charge in [0, 0.05) is 0 Å². The Morgan fingerprint density at radius 3 is 1.94 bits per heavy atom. The van der Waals surface area contributed by atoms with Crippen molar-refractivity contribution in [1.82, 2.24) is 0 Å². The van der Waals surface area contributed by atoms with E-state index >= 15 is 0 Å². The molecule has 0 aliphatic heterocycles. The van der Waals surface area contributed by atoms with Crippen molar-refractivity contribution in [3.05, 3.63) is 0 Å². The van der Waals surface area contributed by atoms with Crippen molar-refractivity contribution in [2.24, 2.45) is 11.3 Å². The number of hydrogen-bond donors (Lipinski definition) is 0. The summed E-state index contributed by atoms with van der Waals surface area (Å²) >= 11 is 0. The Bertz CT molecular complexity index is 332. The fraction of sp³-hybridized carbons (Fsp3) is 0.750. The van der Waals surface area contributed by atoms with Gasteiger partial charge in [-0.25, -0.2) is 0 Å². The second-order valence-electron chi connectivity index (χ2n) is 4.28. The van der Waals surface area contributed by atoms with Crippen molar-refractivity contribution >= 4 is 17.9 Å². The van der Waals surface area contributed by atoms with E-state index < -0.39 is 29.2 Å². The second kappa shape index (κ2) is 5.84. The van der Waals surface area contributed by atoms with Gasteiger partial charge in [0.05, 0.1) is 27.2 Å². The lowest BCUT2D eigenvalue weighted by Crippen LogP contribution is -2.51. The van der Waals surface area contributed by atoms with Gasteiger partial charge in [0.2, 0.25) is 0 Å². The molecule has 1 unspecified atom stereocenters. The lowest BCUT2D eigenvalue weighted by molar-refractivity contribution is -0.183. The van der Waals surface area contributed by atoms with Crippen LogP contribution in [0.1, 0.15) is 25.7 Å². The quantitative estimate of drug-likeness (QED) is 0.421. The third kappa shape index (κ3) is 2.19. The zero-order valence-corrected chi connectivity index (χ0v) is 10.9. The van der Waals surface area contributed by atoms with E-state index in [1.54, 1.807) is 0 Å². The summed E-state index contributed by atoms with van der Waals surface area (Å²) in [6, 6.07) is 0. The highest BCUT2D eigenvalue weighted by Crippen LogP contribution is 2.44. The van der Waals surface area contributed by atoms with E-state index in [1.807, 2.05) is 0 Å². The van der Waals surface area contributed by atoms with Crippen LogP contribution >= 0.6 is 0 Å². The zero-order chi connectivity index (χ0) is 13.8. The molecule has 18 heavy (non-hydrogen) atoms. The molecule has 1 aliphatic rings. The highest BCUT2D eigenvalue weighted by Gasteiger charge is 2.58. The van der Waals surface area contributed by atoms with Gasteiger partial charge in [0.25, 0.3) is 0 Å². The summed E-state index contributed by atoms with van der Waals surface area (Å²) in [6.07, 6.45) is 2.08. The molecule has 0 spiro atoms. The molecule has 1 aliphatic carbocycles. The number of hydrogen-bond acceptors (Lipinski definition) is 6. The normalized spacial score (nSPS) is 21.8. The Morgan fingerprint density at radius 1 is 0.944 bits per heavy atom. The van der Waals surface area contributed by atoms with E-state index in [0.717, 1.165) is 6.42 Å². The third-order valence-corrected chi connectivity index (χ3v) is 3.49. The lowest BCUT2D eigenvalue weighted by atomic mass is 9.66. The molecular weight excluding hydrogens is 240 g/mol. The van der Waals surface area contributed by atoms with Crippen molar-refractivity contribution in [2.45, 2.75) is 25.7 Å². The van der Waals surface area contributed by atoms with Crippen LogP contribution in [0.4, 0.5) is 0 Å². The standard InChI is InChI=1S/C12H18O6/c1-16-9(13)8-6-4-5-7-12(8,10(14)17-2)11(15)18-3/h8H,4-7H2,1-3H3. The largest absolute Gasteiger partial charge is 0.469 e. The highest BCUT2D eigenvalue weighted by molar-refractivity contribution is 6.04. The van der Waals surface area contributed by atoms with E-state index in [0.29, 0.717) is 12.8 Å².